The lowest BCUT2D eigenvalue weighted by atomic mass is 10.1. The average Bonchev–Trinajstić information content (AvgIpc) is 2.77. The number of carbonyl (C=O) groups is 1. The van der Waals surface area contributed by atoms with Crippen molar-refractivity contribution < 1.29 is 4.79 Å². The molecule has 1 heterocycles. The lowest BCUT2D eigenvalue weighted by molar-refractivity contribution is -0.116. The monoisotopic (exact) mass is 289 g/mol. The Bertz CT molecular complexity index is 436. The van der Waals surface area contributed by atoms with E-state index < -0.39 is 0 Å². The van der Waals surface area contributed by atoms with Crippen LogP contribution in [0.2, 0.25) is 0 Å². The van der Waals surface area contributed by atoms with Gasteiger partial charge in [-0.15, -0.1) is 0 Å². The predicted molar refractivity (Wildman–Crippen MR) is 88.6 cm³/mol. The minimum atomic E-state index is 0.0375. The zero-order valence-electron chi connectivity index (χ0n) is 13.0. The first-order valence-electron chi connectivity index (χ1n) is 8.04. The molecule has 1 atom stereocenters. The molecule has 4 heteroatoms. The summed E-state index contributed by atoms with van der Waals surface area (Å²) in [6.45, 7) is 4.81. The molecular formula is C17H27N3O. The fourth-order valence-electron chi connectivity index (χ4n) is 2.70. The van der Waals surface area contributed by atoms with Gasteiger partial charge in [0.15, 0.2) is 0 Å². The number of hydrogen-bond donors (Lipinski definition) is 2. The van der Waals surface area contributed by atoms with Gasteiger partial charge in [-0.2, -0.15) is 0 Å². The highest BCUT2D eigenvalue weighted by Crippen LogP contribution is 2.21. The third kappa shape index (κ3) is 5.05. The smallest absolute Gasteiger partial charge is 0.224 e. The van der Waals surface area contributed by atoms with Crippen molar-refractivity contribution in [1.82, 2.24) is 0 Å². The lowest BCUT2D eigenvalue weighted by Crippen LogP contribution is -2.23. The van der Waals surface area contributed by atoms with Crippen LogP contribution >= 0.6 is 0 Å². The molecule has 0 saturated carbocycles. The van der Waals surface area contributed by atoms with Gasteiger partial charge in [-0.05, 0) is 49.6 Å². The van der Waals surface area contributed by atoms with Gasteiger partial charge in [0.1, 0.15) is 0 Å². The van der Waals surface area contributed by atoms with E-state index in [4.69, 9.17) is 5.73 Å². The quantitative estimate of drug-likeness (QED) is 0.876. The van der Waals surface area contributed by atoms with Crippen molar-refractivity contribution in [3.63, 3.8) is 0 Å². The van der Waals surface area contributed by atoms with E-state index in [-0.39, 0.29) is 11.8 Å². The molecule has 0 radical (unpaired) electrons. The molecule has 4 nitrogen and oxygen atoms in total. The third-order valence-corrected chi connectivity index (χ3v) is 4.06. The topological polar surface area (TPSA) is 58.4 Å². The van der Waals surface area contributed by atoms with Crippen LogP contribution in [0.5, 0.6) is 0 Å². The maximum absolute atomic E-state index is 11.8. The standard InChI is InChI=1S/C17H27N3O/c1-14(13-18)12-17(21)19-15-6-8-16(9-7-15)20-10-4-2-3-5-11-20/h6-9,14H,2-5,10-13,18H2,1H3,(H,19,21). The molecule has 21 heavy (non-hydrogen) atoms. The summed E-state index contributed by atoms with van der Waals surface area (Å²) in [5.41, 5.74) is 7.66. The number of nitrogens with two attached hydrogens (primary N) is 1. The highest BCUT2D eigenvalue weighted by molar-refractivity contribution is 5.91. The molecule has 0 bridgehead atoms. The minimum absolute atomic E-state index is 0.0375. The van der Waals surface area contributed by atoms with E-state index >= 15 is 0 Å². The Hall–Kier alpha value is -1.55. The second-order valence-corrected chi connectivity index (χ2v) is 6.04. The molecule has 1 unspecified atom stereocenters. The maximum Gasteiger partial charge on any atom is 0.224 e. The Labute approximate surface area is 127 Å². The first-order valence-corrected chi connectivity index (χ1v) is 8.04. The minimum Gasteiger partial charge on any atom is -0.372 e. The Morgan fingerprint density at radius 1 is 1.19 bits per heavy atom. The van der Waals surface area contributed by atoms with Crippen molar-refractivity contribution in [3.8, 4) is 0 Å². The summed E-state index contributed by atoms with van der Waals surface area (Å²) < 4.78 is 0. The summed E-state index contributed by atoms with van der Waals surface area (Å²) >= 11 is 0. The second-order valence-electron chi connectivity index (χ2n) is 6.04. The molecule has 1 amide bonds. The van der Waals surface area contributed by atoms with Gasteiger partial charge in [-0.3, -0.25) is 4.79 Å². The van der Waals surface area contributed by atoms with Crippen LogP contribution in [-0.2, 0) is 4.79 Å². The van der Waals surface area contributed by atoms with Crippen LogP contribution in [0.15, 0.2) is 24.3 Å². The van der Waals surface area contributed by atoms with E-state index in [1.165, 1.54) is 31.4 Å². The zero-order chi connectivity index (χ0) is 15.1. The highest BCUT2D eigenvalue weighted by atomic mass is 16.1. The molecule has 1 aromatic rings. The number of hydrogen-bond acceptors (Lipinski definition) is 3. The summed E-state index contributed by atoms with van der Waals surface area (Å²) in [5.74, 6) is 0.261. The number of rotatable bonds is 5. The van der Waals surface area contributed by atoms with E-state index in [0.717, 1.165) is 18.8 Å². The van der Waals surface area contributed by atoms with E-state index in [0.29, 0.717) is 13.0 Å². The van der Waals surface area contributed by atoms with Crippen LogP contribution in [0.4, 0.5) is 11.4 Å². The Balaban J connectivity index is 1.90. The molecular weight excluding hydrogens is 262 g/mol. The summed E-state index contributed by atoms with van der Waals surface area (Å²) in [7, 11) is 0. The highest BCUT2D eigenvalue weighted by Gasteiger charge is 2.11. The zero-order valence-corrected chi connectivity index (χ0v) is 13.0. The van der Waals surface area contributed by atoms with Gasteiger partial charge in [0, 0.05) is 30.9 Å². The molecule has 3 N–H and O–H groups in total. The summed E-state index contributed by atoms with van der Waals surface area (Å²) in [4.78, 5) is 14.3. The summed E-state index contributed by atoms with van der Waals surface area (Å²) in [6, 6.07) is 8.19. The largest absolute Gasteiger partial charge is 0.372 e. The van der Waals surface area contributed by atoms with E-state index in [1.54, 1.807) is 0 Å². The van der Waals surface area contributed by atoms with E-state index in [1.807, 2.05) is 19.1 Å². The van der Waals surface area contributed by atoms with E-state index in [9.17, 15) is 4.79 Å². The second kappa shape index (κ2) is 8.03. The molecule has 1 aliphatic heterocycles. The van der Waals surface area contributed by atoms with Gasteiger partial charge in [0.05, 0.1) is 0 Å². The Morgan fingerprint density at radius 3 is 2.38 bits per heavy atom. The number of nitrogens with one attached hydrogen (secondary N) is 1. The van der Waals surface area contributed by atoms with Crippen LogP contribution < -0.4 is 16.0 Å². The Kier molecular flexibility index (Phi) is 6.05. The fraction of sp³-hybridized carbons (Fsp3) is 0.588. The molecule has 0 spiro atoms. The number of anilines is 2. The van der Waals surface area contributed by atoms with Gasteiger partial charge in [0.2, 0.25) is 5.91 Å². The van der Waals surface area contributed by atoms with Crippen LogP contribution in [0.3, 0.4) is 0 Å². The molecule has 0 aliphatic carbocycles. The van der Waals surface area contributed by atoms with Gasteiger partial charge in [-0.1, -0.05) is 19.8 Å². The van der Waals surface area contributed by atoms with Crippen LogP contribution in [0, 0.1) is 5.92 Å². The summed E-state index contributed by atoms with van der Waals surface area (Å²) in [5, 5.41) is 2.94. The molecule has 1 fully saturated rings. The first kappa shape index (κ1) is 15.8. The van der Waals surface area contributed by atoms with Crippen molar-refractivity contribution >= 4 is 17.3 Å². The summed E-state index contributed by atoms with van der Waals surface area (Å²) in [6.07, 6.45) is 5.70. The molecule has 1 aliphatic rings. The van der Waals surface area contributed by atoms with Gasteiger partial charge in [-0.25, -0.2) is 0 Å². The van der Waals surface area contributed by atoms with Crippen molar-refractivity contribution in [3.05, 3.63) is 24.3 Å². The molecule has 1 aromatic carbocycles. The van der Waals surface area contributed by atoms with Crippen LogP contribution in [-0.4, -0.2) is 25.5 Å². The molecule has 0 aromatic heterocycles. The molecule has 1 saturated heterocycles. The third-order valence-electron chi connectivity index (χ3n) is 4.06. The predicted octanol–water partition coefficient (Wildman–Crippen LogP) is 2.99. The number of nitrogens with zero attached hydrogens (tertiary/aromatic N) is 1. The van der Waals surface area contributed by atoms with Crippen LogP contribution in [0.1, 0.15) is 39.0 Å². The number of benzene rings is 1. The van der Waals surface area contributed by atoms with Crippen molar-refractivity contribution in [2.24, 2.45) is 11.7 Å². The Morgan fingerprint density at radius 2 is 1.81 bits per heavy atom. The van der Waals surface area contributed by atoms with Crippen molar-refractivity contribution in [1.29, 1.82) is 0 Å². The number of amides is 1. The maximum atomic E-state index is 11.8. The molecule has 116 valence electrons. The number of carbonyl (C=O) groups excluding carboxylic acids is 1. The fourth-order valence-corrected chi connectivity index (χ4v) is 2.70. The molecule has 2 rings (SSSR count). The van der Waals surface area contributed by atoms with E-state index in [2.05, 4.69) is 22.3 Å². The lowest BCUT2D eigenvalue weighted by Gasteiger charge is -2.22. The average molecular weight is 289 g/mol. The van der Waals surface area contributed by atoms with Crippen molar-refractivity contribution in [2.45, 2.75) is 39.0 Å². The normalized spacial score (nSPS) is 17.1. The SMILES string of the molecule is CC(CN)CC(=O)Nc1ccc(N2CCCCCC2)cc1. The van der Waals surface area contributed by atoms with Gasteiger partial charge < -0.3 is 16.0 Å². The van der Waals surface area contributed by atoms with Gasteiger partial charge >= 0.3 is 0 Å². The van der Waals surface area contributed by atoms with Crippen molar-refractivity contribution in [2.75, 3.05) is 29.9 Å². The first-order chi connectivity index (χ1) is 10.2. The van der Waals surface area contributed by atoms with Gasteiger partial charge in [0.25, 0.3) is 0 Å². The van der Waals surface area contributed by atoms with Crippen LogP contribution in [0.25, 0.3) is 0 Å².